The number of aliphatic hydroxyl groups excluding tert-OH is 1. The topological polar surface area (TPSA) is 40.5 Å². The molecule has 0 unspecified atom stereocenters. The Balaban J connectivity index is 2.12. The minimum Gasteiger partial charge on any atom is -0.392 e. The molecule has 1 aromatic carbocycles. The molecule has 3 atom stereocenters. The molecule has 1 aliphatic rings. The van der Waals surface area contributed by atoms with Crippen molar-refractivity contribution >= 4 is 5.91 Å². The lowest BCUT2D eigenvalue weighted by Crippen LogP contribution is -2.51. The van der Waals surface area contributed by atoms with Crippen LogP contribution in [0.1, 0.15) is 25.8 Å². The van der Waals surface area contributed by atoms with E-state index in [0.717, 1.165) is 5.56 Å². The maximum atomic E-state index is 12.1. The van der Waals surface area contributed by atoms with Gasteiger partial charge in [-0.2, -0.15) is 0 Å². The highest BCUT2D eigenvalue weighted by Crippen LogP contribution is 2.25. The van der Waals surface area contributed by atoms with Gasteiger partial charge in [-0.15, -0.1) is 0 Å². The summed E-state index contributed by atoms with van der Waals surface area (Å²) in [5, 5.41) is 9.75. The summed E-state index contributed by atoms with van der Waals surface area (Å²) in [5.41, 5.74) is 1.14. The predicted molar refractivity (Wildman–Crippen MR) is 66.2 cm³/mol. The number of piperidine rings is 1. The van der Waals surface area contributed by atoms with Gasteiger partial charge in [0.2, 0.25) is 5.91 Å². The molecule has 1 aliphatic heterocycles. The summed E-state index contributed by atoms with van der Waals surface area (Å²) >= 11 is 0. The summed E-state index contributed by atoms with van der Waals surface area (Å²) < 4.78 is 0. The molecule has 2 rings (SSSR count). The maximum Gasteiger partial charge on any atom is 0.228 e. The first-order valence-electron chi connectivity index (χ1n) is 6.12. The van der Waals surface area contributed by atoms with Crippen LogP contribution in [0.25, 0.3) is 0 Å². The molecule has 1 aromatic rings. The summed E-state index contributed by atoms with van der Waals surface area (Å²) in [4.78, 5) is 14.0. The molecule has 1 heterocycles. The summed E-state index contributed by atoms with van der Waals surface area (Å²) in [7, 11) is 0. The van der Waals surface area contributed by atoms with Gasteiger partial charge < -0.3 is 10.0 Å². The first-order chi connectivity index (χ1) is 8.09. The number of hydrogen-bond acceptors (Lipinski definition) is 2. The maximum absolute atomic E-state index is 12.1. The van der Waals surface area contributed by atoms with Crippen molar-refractivity contribution in [2.45, 2.75) is 39.0 Å². The zero-order chi connectivity index (χ0) is 12.4. The van der Waals surface area contributed by atoms with Gasteiger partial charge in [0.25, 0.3) is 0 Å². The van der Waals surface area contributed by atoms with E-state index in [1.807, 2.05) is 42.2 Å². The SMILES string of the molecule is C[C@@H]1C(=O)N(Cc2ccccc2)[C@@H](C)C[C@H]1O. The highest BCUT2D eigenvalue weighted by Gasteiger charge is 2.36. The van der Waals surface area contributed by atoms with Crippen molar-refractivity contribution in [3.05, 3.63) is 35.9 Å². The quantitative estimate of drug-likeness (QED) is 0.846. The summed E-state index contributed by atoms with van der Waals surface area (Å²) in [6.45, 7) is 4.44. The average Bonchev–Trinajstić information content (AvgIpc) is 2.33. The zero-order valence-corrected chi connectivity index (χ0v) is 10.3. The number of likely N-dealkylation sites (tertiary alicyclic amines) is 1. The number of amides is 1. The lowest BCUT2D eigenvalue weighted by molar-refractivity contribution is -0.148. The molecule has 0 saturated carbocycles. The van der Waals surface area contributed by atoms with E-state index < -0.39 is 6.10 Å². The summed E-state index contributed by atoms with van der Waals surface area (Å²) in [6, 6.07) is 10.1. The van der Waals surface area contributed by atoms with Crippen LogP contribution in [0.2, 0.25) is 0 Å². The van der Waals surface area contributed by atoms with Crippen molar-refractivity contribution < 1.29 is 9.90 Å². The first-order valence-corrected chi connectivity index (χ1v) is 6.12. The molecule has 0 radical (unpaired) electrons. The van der Waals surface area contributed by atoms with E-state index in [4.69, 9.17) is 0 Å². The van der Waals surface area contributed by atoms with Gasteiger partial charge in [0.05, 0.1) is 12.0 Å². The molecule has 3 nitrogen and oxygen atoms in total. The van der Waals surface area contributed by atoms with Crippen LogP contribution in [-0.4, -0.2) is 28.1 Å². The Hall–Kier alpha value is -1.35. The van der Waals surface area contributed by atoms with E-state index in [1.54, 1.807) is 6.92 Å². The minimum atomic E-state index is -0.496. The molecule has 1 fully saturated rings. The van der Waals surface area contributed by atoms with Crippen LogP contribution in [0.15, 0.2) is 30.3 Å². The second kappa shape index (κ2) is 4.88. The Morgan fingerprint density at radius 3 is 2.59 bits per heavy atom. The van der Waals surface area contributed by atoms with Gasteiger partial charge in [0.15, 0.2) is 0 Å². The molecular weight excluding hydrogens is 214 g/mol. The van der Waals surface area contributed by atoms with Gasteiger partial charge in [-0.3, -0.25) is 4.79 Å². The highest BCUT2D eigenvalue weighted by atomic mass is 16.3. The number of benzene rings is 1. The number of hydrogen-bond donors (Lipinski definition) is 1. The van der Waals surface area contributed by atoms with E-state index in [-0.39, 0.29) is 17.9 Å². The van der Waals surface area contributed by atoms with Crippen LogP contribution in [0.3, 0.4) is 0 Å². The Bertz CT molecular complexity index is 390. The smallest absolute Gasteiger partial charge is 0.228 e. The zero-order valence-electron chi connectivity index (χ0n) is 10.3. The van der Waals surface area contributed by atoms with Crippen LogP contribution in [0.4, 0.5) is 0 Å². The van der Waals surface area contributed by atoms with Gasteiger partial charge in [-0.05, 0) is 18.9 Å². The van der Waals surface area contributed by atoms with Gasteiger partial charge in [0, 0.05) is 12.6 Å². The number of carbonyl (C=O) groups excluding carboxylic acids is 1. The van der Waals surface area contributed by atoms with Crippen LogP contribution in [-0.2, 0) is 11.3 Å². The Morgan fingerprint density at radius 2 is 1.94 bits per heavy atom. The number of nitrogens with zero attached hydrogens (tertiary/aromatic N) is 1. The highest BCUT2D eigenvalue weighted by molar-refractivity contribution is 5.80. The normalized spacial score (nSPS) is 29.5. The fraction of sp³-hybridized carbons (Fsp3) is 0.500. The molecule has 0 spiro atoms. The van der Waals surface area contributed by atoms with E-state index in [0.29, 0.717) is 13.0 Å². The van der Waals surface area contributed by atoms with Gasteiger partial charge >= 0.3 is 0 Å². The van der Waals surface area contributed by atoms with E-state index in [1.165, 1.54) is 0 Å². The van der Waals surface area contributed by atoms with Crippen molar-refractivity contribution in [2.75, 3.05) is 0 Å². The number of aliphatic hydroxyl groups is 1. The Labute approximate surface area is 102 Å². The monoisotopic (exact) mass is 233 g/mol. The standard InChI is InChI=1S/C14H19NO2/c1-10-8-13(16)11(2)14(17)15(10)9-12-6-4-3-5-7-12/h3-7,10-11,13,16H,8-9H2,1-2H3/t10-,11-,13+/m0/s1. The average molecular weight is 233 g/mol. The summed E-state index contributed by atoms with van der Waals surface area (Å²) in [6.07, 6.45) is 0.171. The molecule has 1 saturated heterocycles. The van der Waals surface area contributed by atoms with E-state index in [9.17, 15) is 9.90 Å². The van der Waals surface area contributed by atoms with Crippen molar-refractivity contribution in [1.29, 1.82) is 0 Å². The third-order valence-electron chi connectivity index (χ3n) is 3.56. The lowest BCUT2D eigenvalue weighted by Gasteiger charge is -2.39. The number of rotatable bonds is 2. The molecule has 17 heavy (non-hydrogen) atoms. The second-order valence-corrected chi connectivity index (χ2v) is 4.89. The summed E-state index contributed by atoms with van der Waals surface area (Å²) in [5.74, 6) is -0.227. The molecule has 1 amide bonds. The van der Waals surface area contributed by atoms with E-state index >= 15 is 0 Å². The molecule has 92 valence electrons. The van der Waals surface area contributed by atoms with E-state index in [2.05, 4.69) is 0 Å². The van der Waals surface area contributed by atoms with Crippen molar-refractivity contribution in [1.82, 2.24) is 4.90 Å². The van der Waals surface area contributed by atoms with Gasteiger partial charge in [-0.1, -0.05) is 37.3 Å². The van der Waals surface area contributed by atoms with Crippen LogP contribution < -0.4 is 0 Å². The fourth-order valence-corrected chi connectivity index (χ4v) is 2.34. The predicted octanol–water partition coefficient (Wildman–Crippen LogP) is 1.80. The fourth-order valence-electron chi connectivity index (χ4n) is 2.34. The molecule has 0 bridgehead atoms. The second-order valence-electron chi connectivity index (χ2n) is 4.89. The van der Waals surface area contributed by atoms with Crippen molar-refractivity contribution in [2.24, 2.45) is 5.92 Å². The minimum absolute atomic E-state index is 0.0557. The molecule has 1 N–H and O–H groups in total. The van der Waals surface area contributed by atoms with Crippen LogP contribution in [0.5, 0.6) is 0 Å². The van der Waals surface area contributed by atoms with Crippen LogP contribution in [0, 0.1) is 5.92 Å². The van der Waals surface area contributed by atoms with Crippen molar-refractivity contribution in [3.63, 3.8) is 0 Å². The lowest BCUT2D eigenvalue weighted by atomic mass is 9.90. The molecule has 0 aromatic heterocycles. The first kappa shape index (κ1) is 12.1. The largest absolute Gasteiger partial charge is 0.392 e. The third kappa shape index (κ3) is 2.50. The van der Waals surface area contributed by atoms with Gasteiger partial charge in [0.1, 0.15) is 0 Å². The Kier molecular flexibility index (Phi) is 3.48. The Morgan fingerprint density at radius 1 is 1.29 bits per heavy atom. The molecule has 0 aliphatic carbocycles. The van der Waals surface area contributed by atoms with Gasteiger partial charge in [-0.25, -0.2) is 0 Å². The van der Waals surface area contributed by atoms with Crippen molar-refractivity contribution in [3.8, 4) is 0 Å². The molecular formula is C14H19NO2. The third-order valence-corrected chi connectivity index (χ3v) is 3.56. The number of carbonyl (C=O) groups is 1. The van der Waals surface area contributed by atoms with Crippen LogP contribution >= 0.6 is 0 Å². The molecule has 3 heteroatoms.